The molecule has 1 atom stereocenters. The fraction of sp³-hybridized carbons (Fsp3) is 0.200. The zero-order valence-corrected chi connectivity index (χ0v) is 22.9. The predicted octanol–water partition coefficient (Wildman–Crippen LogP) is 6.16. The number of carbonyl (C=O) groups is 1. The summed E-state index contributed by atoms with van der Waals surface area (Å²) in [7, 11) is -3.68. The summed E-state index contributed by atoms with van der Waals surface area (Å²) >= 11 is 6.33. The molecule has 8 heteroatoms. The summed E-state index contributed by atoms with van der Waals surface area (Å²) in [5.74, 6) is -0.656. The van der Waals surface area contributed by atoms with Crippen molar-refractivity contribution < 1.29 is 13.2 Å². The van der Waals surface area contributed by atoms with Gasteiger partial charge >= 0.3 is 0 Å². The second kappa shape index (κ2) is 9.98. The van der Waals surface area contributed by atoms with Gasteiger partial charge in [-0.1, -0.05) is 48.0 Å². The number of aromatic nitrogens is 1. The molecule has 0 aliphatic carbocycles. The Morgan fingerprint density at radius 1 is 0.895 bits per heavy atom. The summed E-state index contributed by atoms with van der Waals surface area (Å²) in [5, 5.41) is 0.540. The monoisotopic (exact) mass is 545 g/mol. The highest BCUT2D eigenvalue weighted by molar-refractivity contribution is 7.89. The van der Waals surface area contributed by atoms with Crippen LogP contribution in [0.25, 0.3) is 11.1 Å². The van der Waals surface area contributed by atoms with Crippen LogP contribution in [0.1, 0.15) is 43.4 Å². The highest BCUT2D eigenvalue weighted by Crippen LogP contribution is 2.43. The van der Waals surface area contributed by atoms with Gasteiger partial charge in [-0.15, -0.1) is 0 Å². The van der Waals surface area contributed by atoms with Crippen LogP contribution in [0, 0.1) is 0 Å². The first-order chi connectivity index (χ1) is 18.0. The molecule has 0 saturated carbocycles. The van der Waals surface area contributed by atoms with Gasteiger partial charge in [-0.3, -0.25) is 9.78 Å². The normalized spacial score (nSPS) is 15.5. The molecule has 5 rings (SSSR count). The second-order valence-corrected chi connectivity index (χ2v) is 12.5. The van der Waals surface area contributed by atoms with Crippen LogP contribution in [0.4, 0.5) is 5.69 Å². The minimum absolute atomic E-state index is 0.0797. The number of amides is 1. The first-order valence-corrected chi connectivity index (χ1v) is 14.1. The van der Waals surface area contributed by atoms with Crippen molar-refractivity contribution in [1.82, 2.24) is 9.71 Å². The lowest BCUT2D eigenvalue weighted by atomic mass is 9.93. The van der Waals surface area contributed by atoms with Crippen molar-refractivity contribution in [2.75, 3.05) is 4.90 Å². The lowest BCUT2D eigenvalue weighted by Gasteiger charge is -2.21. The smallest absolute Gasteiger partial charge is 0.241 e. The van der Waals surface area contributed by atoms with Crippen LogP contribution in [-0.4, -0.2) is 24.8 Å². The number of pyridine rings is 1. The molecule has 1 aliphatic heterocycles. The van der Waals surface area contributed by atoms with Crippen molar-refractivity contribution in [3.05, 3.63) is 113 Å². The number of nitrogens with one attached hydrogen (secondary N) is 1. The molecule has 2 heterocycles. The van der Waals surface area contributed by atoms with Crippen molar-refractivity contribution >= 4 is 33.2 Å². The molecule has 38 heavy (non-hydrogen) atoms. The number of halogens is 1. The molecular weight excluding hydrogens is 518 g/mol. The molecule has 0 saturated heterocycles. The number of carbonyl (C=O) groups excluding carboxylic acids is 1. The Labute approximate surface area is 228 Å². The molecule has 1 unspecified atom stereocenters. The van der Waals surface area contributed by atoms with E-state index < -0.39 is 21.5 Å². The molecule has 1 aliphatic rings. The van der Waals surface area contributed by atoms with Crippen molar-refractivity contribution in [3.8, 4) is 11.1 Å². The quantitative estimate of drug-likeness (QED) is 0.315. The average Bonchev–Trinajstić information content (AvgIpc) is 3.14. The molecule has 0 radical (unpaired) electrons. The van der Waals surface area contributed by atoms with Crippen molar-refractivity contribution in [3.63, 3.8) is 0 Å². The van der Waals surface area contributed by atoms with E-state index in [0.29, 0.717) is 17.1 Å². The van der Waals surface area contributed by atoms with E-state index in [0.717, 1.165) is 27.9 Å². The van der Waals surface area contributed by atoms with E-state index in [-0.39, 0.29) is 10.8 Å². The maximum absolute atomic E-state index is 13.8. The van der Waals surface area contributed by atoms with Crippen LogP contribution in [0.5, 0.6) is 0 Å². The highest BCUT2D eigenvalue weighted by atomic mass is 35.5. The van der Waals surface area contributed by atoms with Crippen LogP contribution in [0.2, 0.25) is 5.02 Å². The van der Waals surface area contributed by atoms with Gasteiger partial charge in [0.25, 0.3) is 0 Å². The van der Waals surface area contributed by atoms with Crippen LogP contribution in [-0.2, 0) is 21.4 Å². The van der Waals surface area contributed by atoms with Gasteiger partial charge in [0.2, 0.25) is 15.9 Å². The number of hydrogen-bond acceptors (Lipinski definition) is 4. The fourth-order valence-corrected chi connectivity index (χ4v) is 6.33. The Bertz CT molecular complexity index is 1580. The van der Waals surface area contributed by atoms with Gasteiger partial charge in [0.1, 0.15) is 0 Å². The first kappa shape index (κ1) is 26.1. The molecule has 1 amide bonds. The van der Waals surface area contributed by atoms with Gasteiger partial charge in [0.15, 0.2) is 0 Å². The Kier molecular flexibility index (Phi) is 6.86. The van der Waals surface area contributed by atoms with Crippen molar-refractivity contribution in [2.24, 2.45) is 0 Å². The number of anilines is 1. The van der Waals surface area contributed by atoms with Crippen LogP contribution >= 0.6 is 11.6 Å². The first-order valence-electron chi connectivity index (χ1n) is 12.3. The lowest BCUT2D eigenvalue weighted by Crippen LogP contribution is -2.40. The van der Waals surface area contributed by atoms with E-state index in [1.165, 1.54) is 0 Å². The number of rotatable bonds is 6. The molecule has 4 aromatic rings. The third-order valence-corrected chi connectivity index (χ3v) is 8.39. The summed E-state index contributed by atoms with van der Waals surface area (Å²) in [6.45, 7) is 5.77. The predicted molar refractivity (Wildman–Crippen MR) is 151 cm³/mol. The van der Waals surface area contributed by atoms with Crippen molar-refractivity contribution in [1.29, 1.82) is 0 Å². The van der Waals surface area contributed by atoms with Gasteiger partial charge in [0, 0.05) is 28.6 Å². The highest BCUT2D eigenvalue weighted by Gasteiger charge is 2.38. The summed E-state index contributed by atoms with van der Waals surface area (Å²) in [4.78, 5) is 19.8. The summed E-state index contributed by atoms with van der Waals surface area (Å²) in [6, 6.07) is 24.0. The Hall–Kier alpha value is -3.52. The van der Waals surface area contributed by atoms with Crippen molar-refractivity contribution in [2.45, 2.75) is 43.7 Å². The van der Waals surface area contributed by atoms with E-state index in [1.807, 2.05) is 48.5 Å². The number of nitrogens with zero attached hydrogens (tertiary/aromatic N) is 2. The van der Waals surface area contributed by atoms with E-state index >= 15 is 0 Å². The maximum Gasteiger partial charge on any atom is 0.241 e. The zero-order chi connectivity index (χ0) is 27.1. The van der Waals surface area contributed by atoms with Gasteiger partial charge in [-0.2, -0.15) is 0 Å². The van der Waals surface area contributed by atoms with E-state index in [1.54, 1.807) is 68.4 Å². The molecule has 0 fully saturated rings. The largest absolute Gasteiger partial charge is 0.307 e. The molecule has 0 spiro atoms. The Balaban J connectivity index is 1.43. The molecule has 1 aromatic heterocycles. The molecule has 0 bridgehead atoms. The minimum atomic E-state index is -3.68. The fourth-order valence-electron chi connectivity index (χ4n) is 4.73. The van der Waals surface area contributed by atoms with Gasteiger partial charge < -0.3 is 4.90 Å². The second-order valence-electron chi connectivity index (χ2n) is 10.4. The van der Waals surface area contributed by atoms with E-state index in [2.05, 4.69) is 9.71 Å². The summed E-state index contributed by atoms with van der Waals surface area (Å²) in [6.07, 6.45) is 3.52. The van der Waals surface area contributed by atoms with E-state index in [9.17, 15) is 13.2 Å². The molecule has 1 N–H and O–H groups in total. The third-order valence-electron chi connectivity index (χ3n) is 6.38. The van der Waals surface area contributed by atoms with Gasteiger partial charge in [-0.25, -0.2) is 13.1 Å². The van der Waals surface area contributed by atoms with Crippen LogP contribution in [0.15, 0.2) is 96.2 Å². The lowest BCUT2D eigenvalue weighted by molar-refractivity contribution is -0.118. The number of hydrogen-bond donors (Lipinski definition) is 1. The number of fused-ring (bicyclic) bond motifs is 1. The minimum Gasteiger partial charge on any atom is -0.307 e. The number of benzene rings is 3. The van der Waals surface area contributed by atoms with Gasteiger partial charge in [-0.05, 0) is 91.1 Å². The molecule has 6 nitrogen and oxygen atoms in total. The van der Waals surface area contributed by atoms with Gasteiger partial charge in [0.05, 0.1) is 17.4 Å². The zero-order valence-electron chi connectivity index (χ0n) is 21.4. The van der Waals surface area contributed by atoms with E-state index in [4.69, 9.17) is 11.6 Å². The molecule has 3 aromatic carbocycles. The SMILES string of the molecule is CC(C)(C)NS(=O)(=O)c1ccc(C2C(=O)N(Cc3ccc(-c4ccncc4)cc3)c3ccc(Cl)cc32)cc1. The summed E-state index contributed by atoms with van der Waals surface area (Å²) < 4.78 is 28.2. The van der Waals surface area contributed by atoms with Crippen LogP contribution in [0.3, 0.4) is 0 Å². The summed E-state index contributed by atoms with van der Waals surface area (Å²) in [5.41, 5.74) is 4.85. The van der Waals surface area contributed by atoms with Crippen LogP contribution < -0.4 is 9.62 Å². The standard InChI is InChI=1S/C30H28ClN3O3S/c1-30(2,3)33-38(36,37)25-11-8-23(9-12-25)28-26-18-24(31)10-13-27(26)34(29(28)35)19-20-4-6-21(7-5-20)22-14-16-32-17-15-22/h4-18,28,33H,19H2,1-3H3. The average molecular weight is 546 g/mol. The Morgan fingerprint density at radius 3 is 2.16 bits per heavy atom. The Morgan fingerprint density at radius 2 is 1.53 bits per heavy atom. The maximum atomic E-state index is 13.8. The molecule has 194 valence electrons. The number of sulfonamides is 1. The topological polar surface area (TPSA) is 79.4 Å². The third kappa shape index (κ3) is 5.36. The molecular formula is C30H28ClN3O3S.